The van der Waals surface area contributed by atoms with Gasteiger partial charge in [0.1, 0.15) is 11.9 Å². The van der Waals surface area contributed by atoms with Gasteiger partial charge in [-0.2, -0.15) is 0 Å². The predicted octanol–water partition coefficient (Wildman–Crippen LogP) is 1.87. The first-order valence-corrected chi connectivity index (χ1v) is 6.39. The van der Waals surface area contributed by atoms with E-state index < -0.39 is 6.10 Å². The minimum Gasteiger partial charge on any atom is -0.367 e. The lowest BCUT2D eigenvalue weighted by Gasteiger charge is -2.34. The van der Waals surface area contributed by atoms with Crippen LogP contribution in [0.3, 0.4) is 0 Å². The number of hydrogen-bond donors (Lipinski definition) is 0. The maximum atomic E-state index is 12.8. The molecule has 2 unspecified atom stereocenters. The van der Waals surface area contributed by atoms with Crippen molar-refractivity contribution in [3.05, 3.63) is 35.6 Å². The van der Waals surface area contributed by atoms with Crippen LogP contribution in [0.5, 0.6) is 0 Å². The Morgan fingerprint density at radius 3 is 2.89 bits per heavy atom. The van der Waals surface area contributed by atoms with Crippen LogP contribution in [0.2, 0.25) is 0 Å². The Bertz CT molecular complexity index is 446. The number of nitrogens with zero attached hydrogens (tertiary/aromatic N) is 1. The van der Waals surface area contributed by atoms with E-state index >= 15 is 0 Å². The molecular formula is C14H16FNO2. The minimum atomic E-state index is -0.398. The third-order valence-corrected chi connectivity index (χ3v) is 3.81. The Labute approximate surface area is 106 Å². The number of rotatable bonds is 2. The monoisotopic (exact) mass is 249 g/mol. The van der Waals surface area contributed by atoms with Crippen LogP contribution >= 0.6 is 0 Å². The van der Waals surface area contributed by atoms with Crippen LogP contribution < -0.4 is 0 Å². The van der Waals surface area contributed by atoms with Gasteiger partial charge in [-0.3, -0.25) is 9.69 Å². The molecule has 3 nitrogen and oxygen atoms in total. The van der Waals surface area contributed by atoms with E-state index in [-0.39, 0.29) is 11.6 Å². The second-order valence-corrected chi connectivity index (χ2v) is 4.98. The molecule has 2 fully saturated rings. The number of halogens is 1. The van der Waals surface area contributed by atoms with Gasteiger partial charge in [-0.1, -0.05) is 0 Å². The van der Waals surface area contributed by atoms with Crippen molar-refractivity contribution in [3.63, 3.8) is 0 Å². The first-order chi connectivity index (χ1) is 8.74. The summed E-state index contributed by atoms with van der Waals surface area (Å²) >= 11 is 0. The Morgan fingerprint density at radius 2 is 2.11 bits per heavy atom. The third kappa shape index (κ3) is 2.18. The molecule has 1 aromatic carbocycles. The van der Waals surface area contributed by atoms with Gasteiger partial charge in [0.25, 0.3) is 0 Å². The maximum absolute atomic E-state index is 12.8. The summed E-state index contributed by atoms with van der Waals surface area (Å²) in [5.41, 5.74) is 0.527. The maximum Gasteiger partial charge on any atom is 0.192 e. The van der Waals surface area contributed by atoms with Crippen LogP contribution in [0.4, 0.5) is 4.39 Å². The van der Waals surface area contributed by atoms with E-state index in [0.29, 0.717) is 24.8 Å². The van der Waals surface area contributed by atoms with Crippen molar-refractivity contribution in [3.8, 4) is 0 Å². The molecule has 18 heavy (non-hydrogen) atoms. The summed E-state index contributed by atoms with van der Waals surface area (Å²) < 4.78 is 18.5. The highest BCUT2D eigenvalue weighted by molar-refractivity contribution is 5.99. The number of ether oxygens (including phenoxy) is 1. The second-order valence-electron chi connectivity index (χ2n) is 4.98. The van der Waals surface area contributed by atoms with Crippen molar-refractivity contribution in [2.75, 3.05) is 19.7 Å². The van der Waals surface area contributed by atoms with Crippen molar-refractivity contribution in [1.29, 1.82) is 0 Å². The quantitative estimate of drug-likeness (QED) is 0.749. The van der Waals surface area contributed by atoms with E-state index in [9.17, 15) is 9.18 Å². The summed E-state index contributed by atoms with van der Waals surface area (Å²) in [7, 11) is 0. The summed E-state index contributed by atoms with van der Waals surface area (Å²) in [6.07, 6.45) is 1.95. The molecule has 2 saturated heterocycles. The average molecular weight is 249 g/mol. The Morgan fingerprint density at radius 1 is 1.33 bits per heavy atom. The number of carbonyl (C=O) groups is 1. The van der Waals surface area contributed by atoms with Gasteiger partial charge in [0, 0.05) is 18.2 Å². The van der Waals surface area contributed by atoms with Gasteiger partial charge in [0.05, 0.1) is 6.61 Å². The van der Waals surface area contributed by atoms with Crippen LogP contribution in [0.1, 0.15) is 23.2 Å². The number of benzene rings is 1. The fourth-order valence-corrected chi connectivity index (χ4v) is 2.78. The van der Waals surface area contributed by atoms with Crippen molar-refractivity contribution in [2.24, 2.45) is 0 Å². The lowest BCUT2D eigenvalue weighted by atomic mass is 10.0. The number of Topliss-reactive ketones (excluding diaryl/α,β-unsaturated/α-hetero) is 1. The fourth-order valence-electron chi connectivity index (χ4n) is 2.78. The van der Waals surface area contributed by atoms with E-state index in [1.807, 2.05) is 0 Å². The first kappa shape index (κ1) is 11.8. The van der Waals surface area contributed by atoms with Crippen molar-refractivity contribution >= 4 is 5.78 Å². The smallest absolute Gasteiger partial charge is 0.192 e. The van der Waals surface area contributed by atoms with E-state index in [2.05, 4.69) is 4.90 Å². The molecule has 0 spiro atoms. The van der Waals surface area contributed by atoms with Crippen molar-refractivity contribution < 1.29 is 13.9 Å². The Balaban J connectivity index is 1.71. The highest BCUT2D eigenvalue weighted by Gasteiger charge is 2.35. The molecule has 2 aliphatic heterocycles. The fraction of sp³-hybridized carbons (Fsp3) is 0.500. The molecule has 1 aromatic rings. The molecule has 0 amide bonds. The van der Waals surface area contributed by atoms with Crippen LogP contribution in [0.25, 0.3) is 0 Å². The molecule has 2 aliphatic rings. The molecule has 2 atom stereocenters. The van der Waals surface area contributed by atoms with Gasteiger partial charge in [0.15, 0.2) is 5.78 Å². The molecule has 96 valence electrons. The normalized spacial score (nSPS) is 28.1. The lowest BCUT2D eigenvalue weighted by Crippen LogP contribution is -2.49. The average Bonchev–Trinajstić information content (AvgIpc) is 2.86. The minimum absolute atomic E-state index is 0.0413. The Kier molecular flexibility index (Phi) is 3.14. The summed E-state index contributed by atoms with van der Waals surface area (Å²) in [6, 6.07) is 6.17. The molecular weight excluding hydrogens is 233 g/mol. The number of ketones is 1. The Hall–Kier alpha value is -1.26. The molecule has 0 radical (unpaired) electrons. The summed E-state index contributed by atoms with van der Waals surface area (Å²) in [6.45, 7) is 2.36. The van der Waals surface area contributed by atoms with Crippen molar-refractivity contribution in [1.82, 2.24) is 4.90 Å². The molecule has 0 saturated carbocycles. The zero-order chi connectivity index (χ0) is 12.5. The molecule has 0 aromatic heterocycles. The van der Waals surface area contributed by atoms with Crippen LogP contribution in [-0.4, -0.2) is 42.5 Å². The number of fused-ring (bicyclic) bond motifs is 1. The van der Waals surface area contributed by atoms with Crippen LogP contribution in [0.15, 0.2) is 24.3 Å². The SMILES string of the molecule is O=C(c1ccc(F)cc1)C1CN2CCCC2CO1. The molecule has 3 rings (SSSR count). The van der Waals surface area contributed by atoms with Gasteiger partial charge in [-0.25, -0.2) is 4.39 Å². The van der Waals surface area contributed by atoms with Crippen LogP contribution in [-0.2, 0) is 4.74 Å². The van der Waals surface area contributed by atoms with Gasteiger partial charge in [-0.15, -0.1) is 0 Å². The van der Waals surface area contributed by atoms with Gasteiger partial charge < -0.3 is 4.74 Å². The van der Waals surface area contributed by atoms with Crippen molar-refractivity contribution in [2.45, 2.75) is 25.0 Å². The van der Waals surface area contributed by atoms with Gasteiger partial charge in [0.2, 0.25) is 0 Å². The zero-order valence-corrected chi connectivity index (χ0v) is 10.1. The molecule has 0 bridgehead atoms. The standard InChI is InChI=1S/C14H16FNO2/c15-11-5-3-10(4-6-11)14(17)13-8-16-7-1-2-12(16)9-18-13/h3-6,12-13H,1-2,7-9H2. The van der Waals surface area contributed by atoms with E-state index in [1.54, 1.807) is 0 Å². The topological polar surface area (TPSA) is 29.5 Å². The number of hydrogen-bond acceptors (Lipinski definition) is 3. The van der Waals surface area contributed by atoms with E-state index in [0.717, 1.165) is 13.0 Å². The largest absolute Gasteiger partial charge is 0.367 e. The number of carbonyl (C=O) groups excluding carboxylic acids is 1. The second kappa shape index (κ2) is 4.78. The first-order valence-electron chi connectivity index (χ1n) is 6.39. The van der Waals surface area contributed by atoms with Gasteiger partial charge >= 0.3 is 0 Å². The van der Waals surface area contributed by atoms with Gasteiger partial charge in [-0.05, 0) is 43.7 Å². The van der Waals surface area contributed by atoms with E-state index in [1.165, 1.54) is 30.7 Å². The summed E-state index contributed by atoms with van der Waals surface area (Å²) in [5.74, 6) is -0.365. The summed E-state index contributed by atoms with van der Waals surface area (Å²) in [4.78, 5) is 14.6. The summed E-state index contributed by atoms with van der Waals surface area (Å²) in [5, 5.41) is 0. The highest BCUT2D eigenvalue weighted by atomic mass is 19.1. The lowest BCUT2D eigenvalue weighted by molar-refractivity contribution is -0.0344. The third-order valence-electron chi connectivity index (χ3n) is 3.81. The van der Waals surface area contributed by atoms with Crippen LogP contribution in [0, 0.1) is 5.82 Å². The molecule has 2 heterocycles. The zero-order valence-electron chi connectivity index (χ0n) is 10.1. The van der Waals surface area contributed by atoms with E-state index in [4.69, 9.17) is 4.74 Å². The predicted molar refractivity (Wildman–Crippen MR) is 65.1 cm³/mol. The molecule has 0 aliphatic carbocycles. The number of morpholine rings is 1. The highest BCUT2D eigenvalue weighted by Crippen LogP contribution is 2.24. The molecule has 0 N–H and O–H groups in total. The molecule has 4 heteroatoms.